The highest BCUT2D eigenvalue weighted by molar-refractivity contribution is 5.99. The van der Waals surface area contributed by atoms with E-state index in [1.807, 2.05) is 12.1 Å². The molecule has 148 valence electrons. The van der Waals surface area contributed by atoms with Crippen molar-refractivity contribution >= 4 is 17.7 Å². The highest BCUT2D eigenvalue weighted by Crippen LogP contribution is 2.13. The van der Waals surface area contributed by atoms with Gasteiger partial charge in [-0.25, -0.2) is 9.59 Å². The first kappa shape index (κ1) is 21.1. The molecule has 2 rings (SSSR count). The number of aryl methyl sites for hydroxylation is 3. The SMILES string of the molecule is CC(=O)NCCCc1ccc(C(=O)COC(=O)c2c(C)cc(=O)oc2C)cc1. The second-order valence-corrected chi connectivity index (χ2v) is 6.46. The molecule has 2 aromatic rings. The first-order chi connectivity index (χ1) is 13.3. The van der Waals surface area contributed by atoms with Crippen LogP contribution in [-0.4, -0.2) is 30.8 Å². The van der Waals surface area contributed by atoms with Crippen molar-refractivity contribution < 1.29 is 23.5 Å². The maximum Gasteiger partial charge on any atom is 0.342 e. The molecule has 0 unspecified atom stereocenters. The standard InChI is InChI=1S/C21H23NO6/c1-13-11-19(25)28-14(2)20(13)21(26)27-12-18(24)17-8-6-16(7-9-17)5-4-10-22-15(3)23/h6-9,11H,4-5,10,12H2,1-3H3,(H,22,23). The van der Waals surface area contributed by atoms with Gasteiger partial charge in [-0.1, -0.05) is 24.3 Å². The smallest absolute Gasteiger partial charge is 0.342 e. The first-order valence-corrected chi connectivity index (χ1v) is 8.93. The van der Waals surface area contributed by atoms with E-state index in [9.17, 15) is 19.2 Å². The zero-order valence-corrected chi connectivity index (χ0v) is 16.2. The Bertz CT molecular complexity index is 901. The fraction of sp³-hybridized carbons (Fsp3) is 0.333. The molecule has 1 heterocycles. The highest BCUT2D eigenvalue weighted by Gasteiger charge is 2.18. The summed E-state index contributed by atoms with van der Waals surface area (Å²) in [6, 6.07) is 8.24. The summed E-state index contributed by atoms with van der Waals surface area (Å²) in [7, 11) is 0. The third-order valence-corrected chi connectivity index (χ3v) is 4.17. The summed E-state index contributed by atoms with van der Waals surface area (Å²) in [5, 5.41) is 2.73. The third kappa shape index (κ3) is 5.90. The molecule has 28 heavy (non-hydrogen) atoms. The van der Waals surface area contributed by atoms with Crippen LogP contribution >= 0.6 is 0 Å². The van der Waals surface area contributed by atoms with Crippen molar-refractivity contribution in [3.8, 4) is 0 Å². The minimum absolute atomic E-state index is 0.0569. The van der Waals surface area contributed by atoms with Gasteiger partial charge in [0.2, 0.25) is 5.91 Å². The van der Waals surface area contributed by atoms with Crippen LogP contribution in [-0.2, 0) is 16.0 Å². The molecule has 7 heteroatoms. The van der Waals surface area contributed by atoms with Crippen LogP contribution in [0.5, 0.6) is 0 Å². The minimum Gasteiger partial charge on any atom is -0.454 e. The van der Waals surface area contributed by atoms with Gasteiger partial charge in [0.05, 0.1) is 0 Å². The molecular weight excluding hydrogens is 362 g/mol. The Kier molecular flexibility index (Phi) is 7.26. The number of nitrogens with one attached hydrogen (secondary N) is 1. The van der Waals surface area contributed by atoms with Gasteiger partial charge in [0.15, 0.2) is 12.4 Å². The van der Waals surface area contributed by atoms with Crippen molar-refractivity contribution in [3.05, 3.63) is 68.8 Å². The van der Waals surface area contributed by atoms with E-state index in [1.54, 1.807) is 19.1 Å². The summed E-state index contributed by atoms with van der Waals surface area (Å²) in [6.07, 6.45) is 1.58. The molecule has 0 aliphatic heterocycles. The predicted octanol–water partition coefficient (Wildman–Crippen LogP) is 2.37. The molecule has 0 radical (unpaired) electrons. The van der Waals surface area contributed by atoms with Crippen molar-refractivity contribution in [1.82, 2.24) is 5.32 Å². The predicted molar refractivity (Wildman–Crippen MR) is 103 cm³/mol. The van der Waals surface area contributed by atoms with Gasteiger partial charge in [-0.3, -0.25) is 9.59 Å². The molecule has 0 bridgehead atoms. The van der Waals surface area contributed by atoms with Gasteiger partial charge in [-0.2, -0.15) is 0 Å². The maximum atomic E-state index is 12.3. The van der Waals surface area contributed by atoms with Crippen LogP contribution in [0.1, 0.15) is 50.9 Å². The Labute approximate surface area is 162 Å². The number of amides is 1. The topological polar surface area (TPSA) is 103 Å². The molecule has 0 aliphatic rings. The van der Waals surface area contributed by atoms with Gasteiger partial charge >= 0.3 is 11.6 Å². The van der Waals surface area contributed by atoms with Gasteiger partial charge < -0.3 is 14.5 Å². The lowest BCUT2D eigenvalue weighted by atomic mass is 10.1. The van der Waals surface area contributed by atoms with Crippen LogP contribution < -0.4 is 10.9 Å². The molecule has 0 saturated carbocycles. The van der Waals surface area contributed by atoms with Crippen molar-refractivity contribution in [3.63, 3.8) is 0 Å². The fourth-order valence-electron chi connectivity index (χ4n) is 2.76. The van der Waals surface area contributed by atoms with Gasteiger partial charge in [0, 0.05) is 25.1 Å². The zero-order valence-electron chi connectivity index (χ0n) is 16.2. The summed E-state index contributed by atoms with van der Waals surface area (Å²) in [5.74, 6) is -0.933. The van der Waals surface area contributed by atoms with Gasteiger partial charge in [0.25, 0.3) is 0 Å². The Morgan fingerprint density at radius 2 is 1.79 bits per heavy atom. The Balaban J connectivity index is 1.90. The number of rotatable bonds is 8. The first-order valence-electron chi connectivity index (χ1n) is 8.93. The summed E-state index contributed by atoms with van der Waals surface area (Å²) >= 11 is 0. The zero-order chi connectivity index (χ0) is 20.7. The van der Waals surface area contributed by atoms with E-state index < -0.39 is 18.2 Å². The summed E-state index contributed by atoms with van der Waals surface area (Å²) in [6.45, 7) is 4.77. The third-order valence-electron chi connectivity index (χ3n) is 4.17. The number of carbonyl (C=O) groups is 3. The summed E-state index contributed by atoms with van der Waals surface area (Å²) in [4.78, 5) is 46.6. The number of Topliss-reactive ketones (excluding diaryl/α,β-unsaturated/α-hetero) is 1. The Morgan fingerprint density at radius 3 is 2.39 bits per heavy atom. The molecular formula is C21H23NO6. The average Bonchev–Trinajstić information content (AvgIpc) is 2.62. The van der Waals surface area contributed by atoms with E-state index in [0.717, 1.165) is 18.4 Å². The number of ether oxygens (including phenoxy) is 1. The molecule has 1 aromatic carbocycles. The Hall–Kier alpha value is -3.22. The summed E-state index contributed by atoms with van der Waals surface area (Å²) in [5.41, 5.74) is 1.53. The minimum atomic E-state index is -0.707. The van der Waals surface area contributed by atoms with Crippen LogP contribution in [0.2, 0.25) is 0 Å². The molecule has 0 fully saturated rings. The second kappa shape index (κ2) is 9.64. The lowest BCUT2D eigenvalue weighted by Crippen LogP contribution is -2.21. The average molecular weight is 385 g/mol. The lowest BCUT2D eigenvalue weighted by molar-refractivity contribution is -0.118. The van der Waals surface area contributed by atoms with Crippen LogP contribution in [0.25, 0.3) is 0 Å². The van der Waals surface area contributed by atoms with Crippen molar-refractivity contribution in [2.45, 2.75) is 33.6 Å². The molecule has 0 spiro atoms. The number of benzene rings is 1. The number of esters is 1. The van der Waals surface area contributed by atoms with Crippen molar-refractivity contribution in [2.24, 2.45) is 0 Å². The van der Waals surface area contributed by atoms with E-state index in [1.165, 1.54) is 19.9 Å². The molecule has 0 atom stereocenters. The largest absolute Gasteiger partial charge is 0.454 e. The van der Waals surface area contributed by atoms with Crippen molar-refractivity contribution in [1.29, 1.82) is 0 Å². The fourth-order valence-corrected chi connectivity index (χ4v) is 2.76. The molecule has 1 N–H and O–H groups in total. The Morgan fingerprint density at radius 1 is 1.11 bits per heavy atom. The number of ketones is 1. The van der Waals surface area contributed by atoms with Crippen LogP contribution in [0.15, 0.2) is 39.5 Å². The monoisotopic (exact) mass is 385 g/mol. The molecule has 7 nitrogen and oxygen atoms in total. The maximum absolute atomic E-state index is 12.3. The number of hydrogen-bond donors (Lipinski definition) is 1. The van der Waals surface area contributed by atoms with E-state index >= 15 is 0 Å². The lowest BCUT2D eigenvalue weighted by Gasteiger charge is -2.08. The quantitative estimate of drug-likeness (QED) is 0.425. The van der Waals surface area contributed by atoms with E-state index in [2.05, 4.69) is 5.32 Å². The van der Waals surface area contributed by atoms with Crippen molar-refractivity contribution in [2.75, 3.05) is 13.2 Å². The normalized spacial score (nSPS) is 10.4. The van der Waals surface area contributed by atoms with Gasteiger partial charge in [-0.15, -0.1) is 0 Å². The highest BCUT2D eigenvalue weighted by atomic mass is 16.5. The van der Waals surface area contributed by atoms with Crippen LogP contribution in [0.4, 0.5) is 0 Å². The van der Waals surface area contributed by atoms with Crippen LogP contribution in [0, 0.1) is 13.8 Å². The van der Waals surface area contributed by atoms with E-state index in [0.29, 0.717) is 17.7 Å². The molecule has 0 saturated heterocycles. The van der Waals surface area contributed by atoms with E-state index in [-0.39, 0.29) is 23.0 Å². The van der Waals surface area contributed by atoms with Gasteiger partial charge in [0.1, 0.15) is 11.3 Å². The molecule has 1 aromatic heterocycles. The van der Waals surface area contributed by atoms with Gasteiger partial charge in [-0.05, 0) is 37.8 Å². The number of hydrogen-bond acceptors (Lipinski definition) is 6. The number of carbonyl (C=O) groups excluding carboxylic acids is 3. The second-order valence-electron chi connectivity index (χ2n) is 6.46. The molecule has 1 amide bonds. The van der Waals surface area contributed by atoms with E-state index in [4.69, 9.17) is 9.15 Å². The molecule has 0 aliphatic carbocycles. The summed E-state index contributed by atoms with van der Waals surface area (Å²) < 4.78 is 9.99. The van der Waals surface area contributed by atoms with Crippen LogP contribution in [0.3, 0.4) is 0 Å².